The number of rotatable bonds is 4. The van der Waals surface area contributed by atoms with Crippen molar-refractivity contribution in [3.63, 3.8) is 0 Å². The Bertz CT molecular complexity index is 908. The zero-order chi connectivity index (χ0) is 17.8. The fourth-order valence-electron chi connectivity index (χ4n) is 3.35. The maximum Gasteiger partial charge on any atom is 0.254 e. The van der Waals surface area contributed by atoms with Crippen molar-refractivity contribution >= 4 is 33.7 Å². The van der Waals surface area contributed by atoms with Crippen LogP contribution in [0.3, 0.4) is 0 Å². The van der Waals surface area contributed by atoms with E-state index in [1.807, 2.05) is 24.3 Å². The van der Waals surface area contributed by atoms with E-state index in [4.69, 9.17) is 4.74 Å². The highest BCUT2D eigenvalue weighted by Gasteiger charge is 2.13. The summed E-state index contributed by atoms with van der Waals surface area (Å²) in [6.45, 7) is 3.27. The van der Waals surface area contributed by atoms with Crippen molar-refractivity contribution in [2.24, 2.45) is 5.10 Å². The van der Waals surface area contributed by atoms with Crippen LogP contribution in [0.25, 0.3) is 21.5 Å². The highest BCUT2D eigenvalue weighted by Crippen LogP contribution is 2.27. The predicted molar refractivity (Wildman–Crippen MR) is 104 cm³/mol. The first-order valence-electron chi connectivity index (χ1n) is 8.84. The molecule has 3 aromatic rings. The molecule has 3 aromatic carbocycles. The van der Waals surface area contributed by atoms with Crippen molar-refractivity contribution in [3.05, 3.63) is 60.2 Å². The molecule has 0 unspecified atom stereocenters. The molecule has 1 saturated heterocycles. The number of amides is 1. The van der Waals surface area contributed by atoms with Gasteiger partial charge in [-0.1, -0.05) is 48.5 Å². The van der Waals surface area contributed by atoms with Gasteiger partial charge in [0.2, 0.25) is 0 Å². The highest BCUT2D eigenvalue weighted by molar-refractivity contribution is 6.13. The zero-order valence-electron chi connectivity index (χ0n) is 14.5. The molecule has 0 spiro atoms. The monoisotopic (exact) mass is 347 g/mol. The van der Waals surface area contributed by atoms with Crippen molar-refractivity contribution in [2.45, 2.75) is 0 Å². The van der Waals surface area contributed by atoms with Gasteiger partial charge in [-0.05, 0) is 27.6 Å². The summed E-state index contributed by atoms with van der Waals surface area (Å²) in [7, 11) is 0. The van der Waals surface area contributed by atoms with Crippen molar-refractivity contribution in [1.29, 1.82) is 0 Å². The number of benzene rings is 3. The number of hydrogen-bond acceptors (Lipinski definition) is 4. The van der Waals surface area contributed by atoms with Crippen molar-refractivity contribution in [1.82, 2.24) is 10.3 Å². The summed E-state index contributed by atoms with van der Waals surface area (Å²) in [5.41, 5.74) is 3.67. The fourth-order valence-corrected chi connectivity index (χ4v) is 3.35. The molecule has 1 amide bonds. The fraction of sp³-hybridized carbons (Fsp3) is 0.238. The zero-order valence-corrected chi connectivity index (χ0v) is 14.5. The SMILES string of the molecule is O=C(CN1CCOCC1)N/N=C/c1c2ccccc2cc2ccccc12. The lowest BCUT2D eigenvalue weighted by Crippen LogP contribution is -2.42. The number of nitrogens with zero attached hydrogens (tertiary/aromatic N) is 2. The molecule has 5 nitrogen and oxygen atoms in total. The number of nitrogens with one attached hydrogen (secondary N) is 1. The van der Waals surface area contributed by atoms with E-state index in [0.29, 0.717) is 19.8 Å². The van der Waals surface area contributed by atoms with Crippen LogP contribution in [0.4, 0.5) is 0 Å². The molecule has 1 fully saturated rings. The summed E-state index contributed by atoms with van der Waals surface area (Å²) in [5, 5.41) is 8.79. The molecule has 4 rings (SSSR count). The van der Waals surface area contributed by atoms with Crippen LogP contribution < -0.4 is 5.43 Å². The van der Waals surface area contributed by atoms with Gasteiger partial charge in [0.25, 0.3) is 5.91 Å². The molecule has 1 N–H and O–H groups in total. The second-order valence-electron chi connectivity index (χ2n) is 6.41. The summed E-state index contributed by atoms with van der Waals surface area (Å²) >= 11 is 0. The molecule has 0 bridgehead atoms. The van der Waals surface area contributed by atoms with Crippen molar-refractivity contribution < 1.29 is 9.53 Å². The third kappa shape index (κ3) is 3.59. The summed E-state index contributed by atoms with van der Waals surface area (Å²) in [4.78, 5) is 14.2. The molecule has 0 saturated carbocycles. The minimum absolute atomic E-state index is 0.104. The number of fused-ring (bicyclic) bond motifs is 2. The Kier molecular flexibility index (Phi) is 4.91. The second-order valence-corrected chi connectivity index (χ2v) is 6.41. The lowest BCUT2D eigenvalue weighted by molar-refractivity contribution is -0.123. The molecule has 5 heteroatoms. The molecule has 132 valence electrons. The number of hydrazone groups is 1. The minimum atomic E-state index is -0.104. The largest absolute Gasteiger partial charge is 0.379 e. The Morgan fingerprint density at radius 1 is 1.04 bits per heavy atom. The average molecular weight is 347 g/mol. The summed E-state index contributed by atoms with van der Waals surface area (Å²) in [5.74, 6) is -0.104. The van der Waals surface area contributed by atoms with Gasteiger partial charge in [0.15, 0.2) is 0 Å². The standard InChI is InChI=1S/C21H21N3O2/c25-21(15-24-9-11-26-12-10-24)23-22-14-20-18-7-3-1-5-16(18)13-17-6-2-4-8-19(17)20/h1-8,13-14H,9-12,15H2,(H,23,25)/b22-14+. The number of carbonyl (C=O) groups is 1. The Balaban J connectivity index is 1.57. The molecular formula is C21H21N3O2. The Morgan fingerprint density at radius 3 is 2.31 bits per heavy atom. The van der Waals surface area contributed by atoms with E-state index in [9.17, 15) is 4.79 Å². The van der Waals surface area contributed by atoms with E-state index >= 15 is 0 Å². The van der Waals surface area contributed by atoms with Gasteiger partial charge in [0.05, 0.1) is 26.0 Å². The van der Waals surface area contributed by atoms with E-state index in [-0.39, 0.29) is 5.91 Å². The lowest BCUT2D eigenvalue weighted by atomic mass is 9.97. The van der Waals surface area contributed by atoms with Gasteiger partial charge in [-0.3, -0.25) is 9.69 Å². The van der Waals surface area contributed by atoms with Crippen LogP contribution in [0, 0.1) is 0 Å². The van der Waals surface area contributed by atoms with E-state index in [1.165, 1.54) is 0 Å². The molecule has 1 heterocycles. The predicted octanol–water partition coefficient (Wildman–Crippen LogP) is 2.78. The first-order valence-corrected chi connectivity index (χ1v) is 8.84. The van der Waals surface area contributed by atoms with E-state index in [2.05, 4.69) is 45.8 Å². The molecule has 1 aliphatic rings. The highest BCUT2D eigenvalue weighted by atomic mass is 16.5. The molecule has 0 radical (unpaired) electrons. The van der Waals surface area contributed by atoms with Crippen LogP contribution in [-0.4, -0.2) is 49.9 Å². The van der Waals surface area contributed by atoms with Gasteiger partial charge in [-0.15, -0.1) is 0 Å². The van der Waals surface area contributed by atoms with Crippen LogP contribution in [-0.2, 0) is 9.53 Å². The van der Waals surface area contributed by atoms with Gasteiger partial charge < -0.3 is 4.74 Å². The third-order valence-corrected chi connectivity index (χ3v) is 4.67. The van der Waals surface area contributed by atoms with Crippen LogP contribution in [0.15, 0.2) is 59.7 Å². The number of morpholine rings is 1. The van der Waals surface area contributed by atoms with E-state index < -0.39 is 0 Å². The molecule has 0 atom stereocenters. The Morgan fingerprint density at radius 2 is 1.65 bits per heavy atom. The van der Waals surface area contributed by atoms with Crippen LogP contribution in [0.1, 0.15) is 5.56 Å². The van der Waals surface area contributed by atoms with Crippen molar-refractivity contribution in [2.75, 3.05) is 32.8 Å². The smallest absolute Gasteiger partial charge is 0.254 e. The maximum absolute atomic E-state index is 12.1. The van der Waals surface area contributed by atoms with Gasteiger partial charge in [-0.25, -0.2) is 5.43 Å². The molecule has 0 aromatic heterocycles. The number of carbonyl (C=O) groups excluding carboxylic acids is 1. The first-order chi connectivity index (χ1) is 12.8. The van der Waals surface area contributed by atoms with Gasteiger partial charge in [0.1, 0.15) is 0 Å². The quantitative estimate of drug-likeness (QED) is 0.449. The lowest BCUT2D eigenvalue weighted by Gasteiger charge is -2.25. The topological polar surface area (TPSA) is 53.9 Å². The first kappa shape index (κ1) is 16.7. The Hall–Kier alpha value is -2.76. The van der Waals surface area contributed by atoms with E-state index in [0.717, 1.165) is 40.2 Å². The van der Waals surface area contributed by atoms with E-state index in [1.54, 1.807) is 6.21 Å². The van der Waals surface area contributed by atoms with Gasteiger partial charge in [-0.2, -0.15) is 5.10 Å². The molecule has 26 heavy (non-hydrogen) atoms. The average Bonchev–Trinajstić information content (AvgIpc) is 2.68. The van der Waals surface area contributed by atoms with Crippen LogP contribution >= 0.6 is 0 Å². The molecule has 0 aliphatic carbocycles. The summed E-state index contributed by atoms with van der Waals surface area (Å²) < 4.78 is 5.30. The second kappa shape index (κ2) is 7.64. The summed E-state index contributed by atoms with van der Waals surface area (Å²) in [6, 6.07) is 18.6. The number of hydrogen-bond donors (Lipinski definition) is 1. The van der Waals surface area contributed by atoms with Crippen LogP contribution in [0.5, 0.6) is 0 Å². The minimum Gasteiger partial charge on any atom is -0.379 e. The third-order valence-electron chi connectivity index (χ3n) is 4.67. The maximum atomic E-state index is 12.1. The van der Waals surface area contributed by atoms with Crippen molar-refractivity contribution in [3.8, 4) is 0 Å². The summed E-state index contributed by atoms with van der Waals surface area (Å²) in [6.07, 6.45) is 1.75. The van der Waals surface area contributed by atoms with Crippen LogP contribution in [0.2, 0.25) is 0 Å². The van der Waals surface area contributed by atoms with Gasteiger partial charge >= 0.3 is 0 Å². The Labute approximate surface area is 152 Å². The number of ether oxygens (including phenoxy) is 1. The molecule has 1 aliphatic heterocycles. The van der Waals surface area contributed by atoms with Gasteiger partial charge in [0, 0.05) is 18.7 Å². The molecular weight excluding hydrogens is 326 g/mol. The normalized spacial score (nSPS) is 15.7.